The highest BCUT2D eigenvalue weighted by Gasteiger charge is 2.23. The number of aryl methyl sites for hydroxylation is 1. The summed E-state index contributed by atoms with van der Waals surface area (Å²) in [6.07, 6.45) is 4.60. The van der Waals surface area contributed by atoms with Gasteiger partial charge in [-0.2, -0.15) is 0 Å². The highest BCUT2D eigenvalue weighted by molar-refractivity contribution is 5.77. The van der Waals surface area contributed by atoms with Gasteiger partial charge in [-0.05, 0) is 31.0 Å². The largest absolute Gasteiger partial charge is 0.491 e. The van der Waals surface area contributed by atoms with Crippen molar-refractivity contribution in [1.82, 2.24) is 5.32 Å². The molecule has 23 heavy (non-hydrogen) atoms. The lowest BCUT2D eigenvalue weighted by molar-refractivity contribution is -0.126. The number of carbonyl (C=O) groups is 1. The minimum absolute atomic E-state index is 0.0363. The fourth-order valence-corrected chi connectivity index (χ4v) is 2.77. The average Bonchev–Trinajstić information content (AvgIpc) is 3.05. The molecule has 0 radical (unpaired) electrons. The molecule has 1 N–H and O–H groups in total. The van der Waals surface area contributed by atoms with Crippen LogP contribution < -0.4 is 10.1 Å². The van der Waals surface area contributed by atoms with Crippen LogP contribution in [-0.2, 0) is 16.0 Å². The van der Waals surface area contributed by atoms with Gasteiger partial charge in [0, 0.05) is 12.0 Å². The standard InChI is InChI=1S/C18H21NO4/c20-18(13-21-11-12-22-14-5-2-1-3-6-14)19-16-7-4-8-17-15(16)9-10-23-17/h1-3,5-6,9-10,16H,4,7-8,11-13H2,(H,19,20). The molecule has 1 aliphatic rings. The van der Waals surface area contributed by atoms with Crippen molar-refractivity contribution >= 4 is 5.91 Å². The van der Waals surface area contributed by atoms with Crippen LogP contribution in [0.4, 0.5) is 0 Å². The Bertz CT molecular complexity index is 623. The summed E-state index contributed by atoms with van der Waals surface area (Å²) in [5, 5.41) is 3.01. The van der Waals surface area contributed by atoms with Gasteiger partial charge in [0.05, 0.1) is 18.9 Å². The number of furan rings is 1. The molecule has 0 spiro atoms. The molecule has 1 atom stereocenters. The average molecular weight is 315 g/mol. The summed E-state index contributed by atoms with van der Waals surface area (Å²) in [5.41, 5.74) is 1.09. The summed E-state index contributed by atoms with van der Waals surface area (Å²) in [5.74, 6) is 1.68. The van der Waals surface area contributed by atoms with Crippen molar-refractivity contribution in [3.05, 3.63) is 54.0 Å². The van der Waals surface area contributed by atoms with Crippen LogP contribution in [0.15, 0.2) is 47.1 Å². The molecule has 0 fully saturated rings. The first-order valence-electron chi connectivity index (χ1n) is 7.94. The van der Waals surface area contributed by atoms with E-state index in [1.54, 1.807) is 6.26 Å². The van der Waals surface area contributed by atoms with Crippen molar-refractivity contribution in [1.29, 1.82) is 0 Å². The number of para-hydroxylation sites is 1. The van der Waals surface area contributed by atoms with E-state index in [9.17, 15) is 4.79 Å². The Morgan fingerprint density at radius 1 is 1.22 bits per heavy atom. The third kappa shape index (κ3) is 4.36. The van der Waals surface area contributed by atoms with Crippen LogP contribution in [-0.4, -0.2) is 25.7 Å². The Balaban J connectivity index is 1.34. The molecule has 1 aromatic heterocycles. The molecular formula is C18H21NO4. The van der Waals surface area contributed by atoms with E-state index in [1.165, 1.54) is 0 Å². The van der Waals surface area contributed by atoms with Crippen LogP contribution in [0.5, 0.6) is 5.75 Å². The normalized spacial score (nSPS) is 16.6. The van der Waals surface area contributed by atoms with Gasteiger partial charge in [-0.15, -0.1) is 0 Å². The van der Waals surface area contributed by atoms with E-state index in [1.807, 2.05) is 36.4 Å². The third-order valence-corrected chi connectivity index (χ3v) is 3.86. The van der Waals surface area contributed by atoms with Crippen molar-refractivity contribution in [3.63, 3.8) is 0 Å². The zero-order chi connectivity index (χ0) is 15.9. The second-order valence-corrected chi connectivity index (χ2v) is 5.53. The maximum absolute atomic E-state index is 12.0. The lowest BCUT2D eigenvalue weighted by atomic mass is 9.93. The van der Waals surface area contributed by atoms with Crippen molar-refractivity contribution < 1.29 is 18.7 Å². The number of carbonyl (C=O) groups excluding carboxylic acids is 1. The van der Waals surface area contributed by atoms with Gasteiger partial charge in [-0.3, -0.25) is 4.79 Å². The molecule has 0 aliphatic heterocycles. The first kappa shape index (κ1) is 15.6. The first-order valence-corrected chi connectivity index (χ1v) is 7.94. The lowest BCUT2D eigenvalue weighted by Gasteiger charge is -2.22. The Morgan fingerprint density at radius 2 is 2.09 bits per heavy atom. The maximum atomic E-state index is 12.0. The van der Waals surface area contributed by atoms with Gasteiger partial charge >= 0.3 is 0 Å². The molecule has 5 heteroatoms. The van der Waals surface area contributed by atoms with Gasteiger partial charge < -0.3 is 19.2 Å². The number of ether oxygens (including phenoxy) is 2. The topological polar surface area (TPSA) is 60.7 Å². The van der Waals surface area contributed by atoms with Crippen molar-refractivity contribution in [2.24, 2.45) is 0 Å². The zero-order valence-electron chi connectivity index (χ0n) is 13.0. The number of benzene rings is 1. The molecule has 0 saturated carbocycles. The zero-order valence-corrected chi connectivity index (χ0v) is 13.0. The number of fused-ring (bicyclic) bond motifs is 1. The molecule has 3 rings (SSSR count). The second kappa shape index (κ2) is 7.83. The van der Waals surface area contributed by atoms with E-state index < -0.39 is 0 Å². The number of amides is 1. The van der Waals surface area contributed by atoms with Crippen molar-refractivity contribution in [3.8, 4) is 5.75 Å². The van der Waals surface area contributed by atoms with Crippen LogP contribution in [0.1, 0.15) is 30.2 Å². The molecular weight excluding hydrogens is 294 g/mol. The fraction of sp³-hybridized carbons (Fsp3) is 0.389. The Hall–Kier alpha value is -2.27. The predicted octanol–water partition coefficient (Wildman–Crippen LogP) is 2.87. The van der Waals surface area contributed by atoms with Gasteiger partial charge in [0.15, 0.2) is 0 Å². The van der Waals surface area contributed by atoms with Crippen LogP contribution >= 0.6 is 0 Å². The Labute approximate surface area is 135 Å². The lowest BCUT2D eigenvalue weighted by Crippen LogP contribution is -2.33. The molecule has 0 saturated heterocycles. The highest BCUT2D eigenvalue weighted by atomic mass is 16.5. The summed E-state index contributed by atoms with van der Waals surface area (Å²) >= 11 is 0. The highest BCUT2D eigenvalue weighted by Crippen LogP contribution is 2.30. The van der Waals surface area contributed by atoms with Gasteiger partial charge in [0.25, 0.3) is 0 Å². The van der Waals surface area contributed by atoms with E-state index in [-0.39, 0.29) is 18.6 Å². The Kier molecular flexibility index (Phi) is 5.32. The molecule has 1 aromatic carbocycles. The molecule has 2 aromatic rings. The van der Waals surface area contributed by atoms with E-state index in [4.69, 9.17) is 13.9 Å². The molecule has 122 valence electrons. The molecule has 0 bridgehead atoms. The minimum Gasteiger partial charge on any atom is -0.491 e. The molecule has 1 unspecified atom stereocenters. The van der Waals surface area contributed by atoms with E-state index in [0.717, 1.165) is 36.3 Å². The second-order valence-electron chi connectivity index (χ2n) is 5.53. The van der Waals surface area contributed by atoms with Gasteiger partial charge in [0.1, 0.15) is 24.7 Å². The number of hydrogen-bond donors (Lipinski definition) is 1. The first-order chi connectivity index (χ1) is 11.3. The number of hydrogen-bond acceptors (Lipinski definition) is 4. The van der Waals surface area contributed by atoms with Gasteiger partial charge in [-0.25, -0.2) is 0 Å². The van der Waals surface area contributed by atoms with Crippen molar-refractivity contribution in [2.75, 3.05) is 19.8 Å². The molecule has 1 heterocycles. The van der Waals surface area contributed by atoms with Gasteiger partial charge in [-0.1, -0.05) is 18.2 Å². The fourth-order valence-electron chi connectivity index (χ4n) is 2.77. The summed E-state index contributed by atoms with van der Waals surface area (Å²) in [6.45, 7) is 0.846. The summed E-state index contributed by atoms with van der Waals surface area (Å²) in [6, 6.07) is 11.5. The van der Waals surface area contributed by atoms with E-state index >= 15 is 0 Å². The summed E-state index contributed by atoms with van der Waals surface area (Å²) in [7, 11) is 0. The van der Waals surface area contributed by atoms with Gasteiger partial charge in [0.2, 0.25) is 5.91 Å². The smallest absolute Gasteiger partial charge is 0.246 e. The van der Waals surface area contributed by atoms with Crippen LogP contribution in [0.25, 0.3) is 0 Å². The third-order valence-electron chi connectivity index (χ3n) is 3.86. The monoisotopic (exact) mass is 315 g/mol. The molecule has 5 nitrogen and oxygen atoms in total. The minimum atomic E-state index is -0.108. The molecule has 1 amide bonds. The van der Waals surface area contributed by atoms with Crippen molar-refractivity contribution in [2.45, 2.75) is 25.3 Å². The van der Waals surface area contributed by atoms with Crippen LogP contribution in [0.3, 0.4) is 0 Å². The van der Waals surface area contributed by atoms with Crippen LogP contribution in [0, 0.1) is 0 Å². The quantitative estimate of drug-likeness (QED) is 0.798. The maximum Gasteiger partial charge on any atom is 0.246 e. The summed E-state index contributed by atoms with van der Waals surface area (Å²) < 4.78 is 16.3. The number of nitrogens with one attached hydrogen (secondary N) is 1. The number of rotatable bonds is 7. The van der Waals surface area contributed by atoms with E-state index in [0.29, 0.717) is 13.2 Å². The summed E-state index contributed by atoms with van der Waals surface area (Å²) in [4.78, 5) is 12.0. The van der Waals surface area contributed by atoms with Crippen LogP contribution in [0.2, 0.25) is 0 Å². The predicted molar refractivity (Wildman–Crippen MR) is 85.3 cm³/mol. The van der Waals surface area contributed by atoms with E-state index in [2.05, 4.69) is 5.32 Å². The Morgan fingerprint density at radius 3 is 2.96 bits per heavy atom. The SMILES string of the molecule is O=C(COCCOc1ccccc1)NC1CCCc2occc21. The molecule has 1 aliphatic carbocycles.